The lowest BCUT2D eigenvalue weighted by atomic mass is 10.2. The Labute approximate surface area is 90.2 Å². The van der Waals surface area contributed by atoms with Crippen LogP contribution in [0.15, 0.2) is 0 Å². The summed E-state index contributed by atoms with van der Waals surface area (Å²) in [7, 11) is 0. The van der Waals surface area contributed by atoms with Gasteiger partial charge in [-0.1, -0.05) is 19.1 Å². The summed E-state index contributed by atoms with van der Waals surface area (Å²) in [6, 6.07) is -0.0229. The number of carbonyl (C=O) groups excluding carboxylic acids is 1. The summed E-state index contributed by atoms with van der Waals surface area (Å²) in [6.07, 6.45) is 1.44. The molecular formula is C9H18N2O2S. The number of hydrogen-bond donors (Lipinski definition) is 2. The maximum Gasteiger partial charge on any atom is 0.246 e. The topological polar surface area (TPSA) is 64.3 Å². The van der Waals surface area contributed by atoms with Crippen LogP contribution in [0.2, 0.25) is 0 Å². The van der Waals surface area contributed by atoms with Gasteiger partial charge in [0, 0.05) is 19.1 Å². The molecule has 0 aliphatic carbocycles. The van der Waals surface area contributed by atoms with E-state index in [4.69, 9.17) is 22.7 Å². The predicted molar refractivity (Wildman–Crippen MR) is 60.1 cm³/mol. The van der Waals surface area contributed by atoms with Crippen LogP contribution >= 0.6 is 12.2 Å². The zero-order valence-corrected chi connectivity index (χ0v) is 9.52. The van der Waals surface area contributed by atoms with Gasteiger partial charge in [-0.3, -0.25) is 4.79 Å². The van der Waals surface area contributed by atoms with Crippen molar-refractivity contribution in [2.75, 3.05) is 13.2 Å². The zero-order chi connectivity index (χ0) is 11.0. The average Bonchev–Trinajstić information content (AvgIpc) is 2.02. The largest absolute Gasteiger partial charge is 0.393 e. The van der Waals surface area contributed by atoms with Gasteiger partial charge in [-0.25, -0.2) is 0 Å². The second-order valence-electron chi connectivity index (χ2n) is 3.19. The molecule has 0 saturated carbocycles. The van der Waals surface area contributed by atoms with Crippen molar-refractivity contribution in [3.8, 4) is 0 Å². The van der Waals surface area contributed by atoms with Crippen molar-refractivity contribution < 1.29 is 9.53 Å². The number of carbonyl (C=O) groups is 1. The van der Waals surface area contributed by atoms with Crippen LogP contribution in [-0.2, 0) is 9.53 Å². The first kappa shape index (κ1) is 13.3. The molecule has 0 heterocycles. The first-order chi connectivity index (χ1) is 6.56. The molecule has 82 valence electrons. The Balaban J connectivity index is 3.55. The van der Waals surface area contributed by atoms with E-state index in [1.165, 1.54) is 0 Å². The third-order valence-corrected chi connectivity index (χ3v) is 1.66. The molecule has 1 unspecified atom stereocenters. The van der Waals surface area contributed by atoms with Crippen LogP contribution in [0, 0.1) is 0 Å². The Hall–Kier alpha value is -0.680. The molecule has 3 N–H and O–H groups in total. The molecule has 0 radical (unpaired) electrons. The molecule has 0 aromatic carbocycles. The van der Waals surface area contributed by atoms with Gasteiger partial charge >= 0.3 is 0 Å². The first-order valence-corrected chi connectivity index (χ1v) is 5.12. The Bertz CT molecular complexity index is 197. The van der Waals surface area contributed by atoms with Crippen molar-refractivity contribution in [1.82, 2.24) is 5.32 Å². The van der Waals surface area contributed by atoms with E-state index in [-0.39, 0.29) is 18.6 Å². The van der Waals surface area contributed by atoms with Gasteiger partial charge in [-0.2, -0.15) is 0 Å². The Morgan fingerprint density at radius 2 is 2.29 bits per heavy atom. The van der Waals surface area contributed by atoms with Crippen LogP contribution in [0.25, 0.3) is 0 Å². The summed E-state index contributed by atoms with van der Waals surface area (Å²) >= 11 is 4.73. The van der Waals surface area contributed by atoms with Crippen molar-refractivity contribution in [3.05, 3.63) is 0 Å². The lowest BCUT2D eigenvalue weighted by Crippen LogP contribution is -2.37. The molecular weight excluding hydrogens is 200 g/mol. The van der Waals surface area contributed by atoms with Crippen molar-refractivity contribution in [2.45, 2.75) is 32.7 Å². The molecule has 0 rings (SSSR count). The van der Waals surface area contributed by atoms with Crippen LogP contribution < -0.4 is 11.1 Å². The average molecular weight is 218 g/mol. The highest BCUT2D eigenvalue weighted by Gasteiger charge is 2.07. The Kier molecular flexibility index (Phi) is 7.32. The summed E-state index contributed by atoms with van der Waals surface area (Å²) < 4.78 is 5.07. The van der Waals surface area contributed by atoms with Gasteiger partial charge < -0.3 is 15.8 Å². The van der Waals surface area contributed by atoms with E-state index >= 15 is 0 Å². The van der Waals surface area contributed by atoms with Gasteiger partial charge in [0.25, 0.3) is 0 Å². The van der Waals surface area contributed by atoms with E-state index in [2.05, 4.69) is 5.32 Å². The molecule has 14 heavy (non-hydrogen) atoms. The van der Waals surface area contributed by atoms with Crippen LogP contribution in [0.5, 0.6) is 0 Å². The van der Waals surface area contributed by atoms with Crippen molar-refractivity contribution >= 4 is 23.1 Å². The minimum Gasteiger partial charge on any atom is -0.393 e. The molecule has 0 aliphatic heterocycles. The number of rotatable bonds is 7. The second-order valence-corrected chi connectivity index (χ2v) is 3.72. The molecule has 0 aromatic heterocycles. The van der Waals surface area contributed by atoms with Gasteiger partial charge in [-0.05, 0) is 13.3 Å². The third-order valence-electron chi connectivity index (χ3n) is 1.50. The van der Waals surface area contributed by atoms with Crippen molar-refractivity contribution in [1.29, 1.82) is 0 Å². The highest BCUT2D eigenvalue weighted by atomic mass is 32.1. The number of amides is 1. The van der Waals surface area contributed by atoms with E-state index in [0.29, 0.717) is 18.0 Å². The van der Waals surface area contributed by atoms with Gasteiger partial charge in [0.15, 0.2) is 0 Å². The number of thiocarbonyl (C=S) groups is 1. The van der Waals surface area contributed by atoms with Gasteiger partial charge in [-0.15, -0.1) is 0 Å². The second kappa shape index (κ2) is 7.70. The fraction of sp³-hybridized carbons (Fsp3) is 0.778. The fourth-order valence-electron chi connectivity index (χ4n) is 0.979. The Morgan fingerprint density at radius 1 is 1.64 bits per heavy atom. The van der Waals surface area contributed by atoms with Gasteiger partial charge in [0.05, 0.1) is 4.99 Å². The smallest absolute Gasteiger partial charge is 0.246 e. The standard InChI is InChI=1S/C9H18N2O2S/c1-3-4-13-6-9(12)11-7(2)5-8(10)14/h7H,3-6H2,1-2H3,(H2,10,14)(H,11,12). The number of hydrogen-bond acceptors (Lipinski definition) is 3. The van der Waals surface area contributed by atoms with Crippen molar-refractivity contribution in [3.63, 3.8) is 0 Å². The monoisotopic (exact) mass is 218 g/mol. The van der Waals surface area contributed by atoms with E-state index < -0.39 is 0 Å². The zero-order valence-electron chi connectivity index (χ0n) is 8.71. The van der Waals surface area contributed by atoms with Crippen LogP contribution in [0.4, 0.5) is 0 Å². The SMILES string of the molecule is CCCOCC(=O)NC(C)CC(N)=S. The molecule has 0 aromatic rings. The van der Waals surface area contributed by atoms with Crippen LogP contribution in [-0.4, -0.2) is 30.2 Å². The van der Waals surface area contributed by atoms with Crippen LogP contribution in [0.1, 0.15) is 26.7 Å². The molecule has 0 aliphatic rings. The number of ether oxygens (including phenoxy) is 1. The first-order valence-electron chi connectivity index (χ1n) is 4.71. The van der Waals surface area contributed by atoms with Crippen LogP contribution in [0.3, 0.4) is 0 Å². The van der Waals surface area contributed by atoms with Gasteiger partial charge in [0.2, 0.25) is 5.91 Å². The van der Waals surface area contributed by atoms with E-state index in [1.807, 2.05) is 13.8 Å². The molecule has 0 spiro atoms. The fourth-order valence-corrected chi connectivity index (χ4v) is 1.23. The summed E-state index contributed by atoms with van der Waals surface area (Å²) in [5.74, 6) is -0.123. The molecule has 1 amide bonds. The summed E-state index contributed by atoms with van der Waals surface area (Å²) in [5, 5.41) is 2.74. The highest BCUT2D eigenvalue weighted by molar-refractivity contribution is 7.80. The quantitative estimate of drug-likeness (QED) is 0.485. The van der Waals surface area contributed by atoms with E-state index in [9.17, 15) is 4.79 Å². The molecule has 5 heteroatoms. The number of nitrogens with two attached hydrogens (primary N) is 1. The minimum absolute atomic E-state index is 0.0229. The van der Waals surface area contributed by atoms with Gasteiger partial charge in [0.1, 0.15) is 6.61 Å². The van der Waals surface area contributed by atoms with E-state index in [1.54, 1.807) is 0 Å². The molecule has 0 bridgehead atoms. The molecule has 4 nitrogen and oxygen atoms in total. The van der Waals surface area contributed by atoms with Crippen molar-refractivity contribution in [2.24, 2.45) is 5.73 Å². The maximum atomic E-state index is 11.2. The molecule has 1 atom stereocenters. The summed E-state index contributed by atoms with van der Waals surface area (Å²) in [6.45, 7) is 4.57. The van der Waals surface area contributed by atoms with E-state index in [0.717, 1.165) is 6.42 Å². The minimum atomic E-state index is -0.123. The lowest BCUT2D eigenvalue weighted by Gasteiger charge is -2.12. The lowest BCUT2D eigenvalue weighted by molar-refractivity contribution is -0.126. The summed E-state index contributed by atoms with van der Waals surface area (Å²) in [5.41, 5.74) is 5.34. The predicted octanol–water partition coefficient (Wildman–Crippen LogP) is 0.594. The molecule has 0 fully saturated rings. The number of nitrogens with one attached hydrogen (secondary N) is 1. The molecule has 0 saturated heterocycles. The Morgan fingerprint density at radius 3 is 2.79 bits per heavy atom. The summed E-state index contributed by atoms with van der Waals surface area (Å²) in [4.78, 5) is 11.6. The highest BCUT2D eigenvalue weighted by Crippen LogP contribution is 1.90. The third kappa shape index (κ3) is 7.94. The normalized spacial score (nSPS) is 12.1. The maximum absolute atomic E-state index is 11.2.